The molecule has 0 aromatic heterocycles. The zero-order valence-corrected chi connectivity index (χ0v) is 20.1. The Kier molecular flexibility index (Phi) is 6.76. The van der Waals surface area contributed by atoms with Crippen molar-refractivity contribution < 1.29 is 32.6 Å². The molecule has 0 atom stereocenters. The van der Waals surface area contributed by atoms with E-state index in [1.54, 1.807) is 0 Å². The van der Waals surface area contributed by atoms with Gasteiger partial charge < -0.3 is 25.8 Å². The lowest BCUT2D eigenvalue weighted by Gasteiger charge is -2.48. The van der Waals surface area contributed by atoms with E-state index < -0.39 is 29.2 Å². The molecule has 2 aliphatic heterocycles. The zero-order valence-electron chi connectivity index (χ0n) is 20.1. The van der Waals surface area contributed by atoms with E-state index in [4.69, 9.17) is 4.74 Å². The maximum atomic E-state index is 12.8. The summed E-state index contributed by atoms with van der Waals surface area (Å²) < 4.78 is 44.0. The van der Waals surface area contributed by atoms with Crippen molar-refractivity contribution in [1.29, 1.82) is 0 Å². The van der Waals surface area contributed by atoms with Gasteiger partial charge in [-0.3, -0.25) is 14.5 Å². The fourth-order valence-corrected chi connectivity index (χ4v) is 5.29. The maximum Gasteiger partial charge on any atom is 0.416 e. The highest BCUT2D eigenvalue weighted by Crippen LogP contribution is 2.42. The standard InChI is InChI=1S/C26H29F3N4O4/c27-26(28,29)18-3-1-2-16(10-18)24(35)30-12-23(34)32-19-13-33(14-19)20-6-8-25(36,9-7-20)17-4-5-22-21(11-17)31-15-37-22/h1-5,10-11,19-20,31,36H,6-9,12-15H2,(H,30,35)(H,32,34). The lowest BCUT2D eigenvalue weighted by Crippen LogP contribution is -2.63. The average Bonchev–Trinajstić information content (AvgIpc) is 3.33. The number of nitrogens with one attached hydrogen (secondary N) is 3. The molecule has 1 aliphatic carbocycles. The van der Waals surface area contributed by atoms with Gasteiger partial charge in [-0.25, -0.2) is 0 Å². The normalized spacial score (nSPS) is 23.8. The Hall–Kier alpha value is -3.31. The van der Waals surface area contributed by atoms with E-state index in [-0.39, 0.29) is 18.2 Å². The second-order valence-corrected chi connectivity index (χ2v) is 9.92. The van der Waals surface area contributed by atoms with E-state index in [1.807, 2.05) is 18.2 Å². The molecule has 3 aliphatic rings. The van der Waals surface area contributed by atoms with Gasteiger partial charge in [-0.15, -0.1) is 0 Å². The highest BCUT2D eigenvalue weighted by atomic mass is 19.4. The lowest BCUT2D eigenvalue weighted by molar-refractivity contribution is -0.137. The van der Waals surface area contributed by atoms with Crippen LogP contribution in [0.25, 0.3) is 0 Å². The number of carbonyl (C=O) groups is 2. The van der Waals surface area contributed by atoms with E-state index in [0.29, 0.717) is 38.7 Å². The predicted molar refractivity (Wildman–Crippen MR) is 129 cm³/mol. The number of hydrogen-bond acceptors (Lipinski definition) is 6. The van der Waals surface area contributed by atoms with Gasteiger partial charge in [0.05, 0.1) is 29.4 Å². The molecular weight excluding hydrogens is 489 g/mol. The molecule has 0 bridgehead atoms. The second-order valence-electron chi connectivity index (χ2n) is 9.92. The summed E-state index contributed by atoms with van der Waals surface area (Å²) in [5.41, 5.74) is -0.144. The minimum absolute atomic E-state index is 0.0541. The van der Waals surface area contributed by atoms with Gasteiger partial charge in [0.15, 0.2) is 6.73 Å². The molecule has 4 N–H and O–H groups in total. The largest absolute Gasteiger partial charge is 0.471 e. The molecular formula is C26H29F3N4O4. The number of carbonyl (C=O) groups excluding carboxylic acids is 2. The summed E-state index contributed by atoms with van der Waals surface area (Å²) in [4.78, 5) is 26.7. The molecule has 11 heteroatoms. The van der Waals surface area contributed by atoms with Crippen molar-refractivity contribution >= 4 is 17.5 Å². The van der Waals surface area contributed by atoms with Gasteiger partial charge in [0.1, 0.15) is 5.75 Å². The quantitative estimate of drug-likeness (QED) is 0.469. The van der Waals surface area contributed by atoms with Crippen molar-refractivity contribution in [2.75, 3.05) is 31.7 Å². The first kappa shape index (κ1) is 25.3. The van der Waals surface area contributed by atoms with E-state index in [0.717, 1.165) is 48.0 Å². The van der Waals surface area contributed by atoms with Crippen LogP contribution in [0, 0.1) is 0 Å². The minimum Gasteiger partial charge on any atom is -0.471 e. The monoisotopic (exact) mass is 518 g/mol. The van der Waals surface area contributed by atoms with Gasteiger partial charge in [-0.2, -0.15) is 13.2 Å². The van der Waals surface area contributed by atoms with Crippen molar-refractivity contribution in [1.82, 2.24) is 15.5 Å². The van der Waals surface area contributed by atoms with Crippen molar-refractivity contribution in [2.24, 2.45) is 0 Å². The van der Waals surface area contributed by atoms with Gasteiger partial charge in [-0.05, 0) is 61.6 Å². The Bertz CT molecular complexity index is 1170. The van der Waals surface area contributed by atoms with E-state index in [2.05, 4.69) is 20.9 Å². The Balaban J connectivity index is 1.04. The molecule has 0 spiro atoms. The Morgan fingerprint density at radius 2 is 1.89 bits per heavy atom. The third-order valence-corrected chi connectivity index (χ3v) is 7.44. The van der Waals surface area contributed by atoms with Crippen LogP contribution in [0.5, 0.6) is 5.75 Å². The molecule has 2 fully saturated rings. The summed E-state index contributed by atoms with van der Waals surface area (Å²) in [5.74, 6) is -0.333. The van der Waals surface area contributed by atoms with Crippen LogP contribution in [0.1, 0.15) is 47.2 Å². The number of rotatable bonds is 6. The lowest BCUT2D eigenvalue weighted by atomic mass is 9.76. The number of nitrogens with zero attached hydrogens (tertiary/aromatic N) is 1. The summed E-state index contributed by atoms with van der Waals surface area (Å²) in [6.45, 7) is 1.48. The Labute approximate surface area is 212 Å². The number of alkyl halides is 3. The van der Waals surface area contributed by atoms with Crippen LogP contribution in [-0.4, -0.2) is 60.3 Å². The number of benzene rings is 2. The molecule has 2 aromatic carbocycles. The molecule has 198 valence electrons. The molecule has 37 heavy (non-hydrogen) atoms. The van der Waals surface area contributed by atoms with Crippen LogP contribution in [-0.2, 0) is 16.6 Å². The molecule has 0 unspecified atom stereocenters. The van der Waals surface area contributed by atoms with Crippen LogP contribution in [0.2, 0.25) is 0 Å². The summed E-state index contributed by atoms with van der Waals surface area (Å²) >= 11 is 0. The number of anilines is 1. The number of amides is 2. The number of aliphatic hydroxyl groups is 1. The van der Waals surface area contributed by atoms with E-state index in [9.17, 15) is 27.9 Å². The van der Waals surface area contributed by atoms with Crippen molar-refractivity contribution in [3.63, 3.8) is 0 Å². The fourth-order valence-electron chi connectivity index (χ4n) is 5.29. The van der Waals surface area contributed by atoms with Crippen LogP contribution >= 0.6 is 0 Å². The van der Waals surface area contributed by atoms with E-state index >= 15 is 0 Å². The molecule has 0 radical (unpaired) electrons. The first-order valence-electron chi connectivity index (χ1n) is 12.3. The molecule has 2 aromatic rings. The summed E-state index contributed by atoms with van der Waals surface area (Å²) in [5, 5.41) is 19.6. The Morgan fingerprint density at radius 1 is 1.14 bits per heavy atom. The third-order valence-electron chi connectivity index (χ3n) is 7.44. The smallest absolute Gasteiger partial charge is 0.416 e. The number of ether oxygens (including phenoxy) is 1. The number of fused-ring (bicyclic) bond motifs is 1. The van der Waals surface area contributed by atoms with Crippen LogP contribution in [0.3, 0.4) is 0 Å². The zero-order chi connectivity index (χ0) is 26.2. The minimum atomic E-state index is -4.55. The highest BCUT2D eigenvalue weighted by molar-refractivity contribution is 5.96. The predicted octanol–water partition coefficient (Wildman–Crippen LogP) is 2.83. The van der Waals surface area contributed by atoms with Crippen molar-refractivity contribution in [3.05, 3.63) is 59.2 Å². The van der Waals surface area contributed by atoms with Gasteiger partial charge in [0.25, 0.3) is 5.91 Å². The van der Waals surface area contributed by atoms with Crippen molar-refractivity contribution in [3.8, 4) is 5.75 Å². The first-order valence-corrected chi connectivity index (χ1v) is 12.3. The van der Waals surface area contributed by atoms with Gasteiger partial charge in [0.2, 0.25) is 5.91 Å². The molecule has 2 heterocycles. The molecule has 5 rings (SSSR count). The SMILES string of the molecule is O=C(CNC(=O)c1cccc(C(F)(F)F)c1)NC1CN(C2CCC(O)(c3ccc4c(c3)NCO4)CC2)C1. The van der Waals surface area contributed by atoms with Crippen LogP contribution < -0.4 is 20.7 Å². The van der Waals surface area contributed by atoms with Gasteiger partial charge in [-0.1, -0.05) is 12.1 Å². The molecule has 8 nitrogen and oxygen atoms in total. The topological polar surface area (TPSA) is 103 Å². The van der Waals surface area contributed by atoms with Crippen LogP contribution in [0.15, 0.2) is 42.5 Å². The molecule has 1 saturated carbocycles. The number of likely N-dealkylation sites (tertiary alicyclic amines) is 1. The number of hydrogen-bond donors (Lipinski definition) is 4. The molecule has 1 saturated heterocycles. The second kappa shape index (κ2) is 9.86. The van der Waals surface area contributed by atoms with Crippen LogP contribution in [0.4, 0.5) is 18.9 Å². The van der Waals surface area contributed by atoms with Gasteiger partial charge >= 0.3 is 6.18 Å². The summed E-state index contributed by atoms with van der Waals surface area (Å²) in [6.07, 6.45) is -1.58. The maximum absolute atomic E-state index is 12.8. The third kappa shape index (κ3) is 5.52. The summed E-state index contributed by atoms with van der Waals surface area (Å²) in [6, 6.07) is 10.1. The van der Waals surface area contributed by atoms with E-state index in [1.165, 1.54) is 6.07 Å². The Morgan fingerprint density at radius 3 is 2.62 bits per heavy atom. The summed E-state index contributed by atoms with van der Waals surface area (Å²) in [7, 11) is 0. The van der Waals surface area contributed by atoms with Gasteiger partial charge in [0, 0.05) is 24.7 Å². The molecule has 2 amide bonds. The number of halogens is 3. The average molecular weight is 519 g/mol. The van der Waals surface area contributed by atoms with Crippen molar-refractivity contribution in [2.45, 2.75) is 49.5 Å². The highest BCUT2D eigenvalue weighted by Gasteiger charge is 2.40. The first-order chi connectivity index (χ1) is 17.6. The fraction of sp³-hybridized carbons (Fsp3) is 0.462.